The Bertz CT molecular complexity index is 1090. The van der Waals surface area contributed by atoms with E-state index in [0.717, 1.165) is 50.4 Å². The third-order valence-electron chi connectivity index (χ3n) is 5.87. The second-order valence-corrected chi connectivity index (χ2v) is 9.28. The quantitative estimate of drug-likeness (QED) is 0.440. The fourth-order valence-electron chi connectivity index (χ4n) is 3.99. The van der Waals surface area contributed by atoms with Gasteiger partial charge in [-0.1, -0.05) is 17.9 Å². The molecule has 1 aliphatic carbocycles. The van der Waals surface area contributed by atoms with Crippen molar-refractivity contribution in [3.8, 4) is 6.07 Å². The van der Waals surface area contributed by atoms with Crippen LogP contribution in [-0.4, -0.2) is 47.7 Å². The van der Waals surface area contributed by atoms with Crippen molar-refractivity contribution in [2.24, 2.45) is 4.99 Å². The molecule has 0 bridgehead atoms. The Morgan fingerprint density at radius 3 is 2.64 bits per heavy atom. The van der Waals surface area contributed by atoms with Crippen LogP contribution in [0.2, 0.25) is 0 Å². The van der Waals surface area contributed by atoms with Crippen LogP contribution >= 0.6 is 11.8 Å². The number of aliphatic imine (C=N–C) groups is 1. The van der Waals surface area contributed by atoms with Crippen LogP contribution in [0.15, 0.2) is 57.9 Å². The molecule has 0 unspecified atom stereocenters. The van der Waals surface area contributed by atoms with E-state index in [1.807, 2.05) is 36.2 Å². The molecule has 2 heterocycles. The largest absolute Gasteiger partial charge is 0.353 e. The smallest absolute Gasteiger partial charge is 0.290 e. The Morgan fingerprint density at radius 1 is 1.24 bits per heavy atom. The summed E-state index contributed by atoms with van der Waals surface area (Å²) >= 11 is 0.875. The van der Waals surface area contributed by atoms with Gasteiger partial charge in [-0.2, -0.15) is 5.26 Å². The standard InChI is InChI=1S/C24H26N6O2S/c1-30-13-11-20(14-21-22(31)29-24(32)33-21)28-23(30)27-19-8-6-18(7-9-19)26-12-10-16-2-4-17(15-25)5-3-16/h2-5,13-14,18-19,26H,6-10,12H2,1H3,(H,27,28)(H,29,31,32)/b21-14-/t18-,19-. The van der Waals surface area contributed by atoms with E-state index in [1.165, 1.54) is 5.56 Å². The Morgan fingerprint density at radius 2 is 1.97 bits per heavy atom. The van der Waals surface area contributed by atoms with Gasteiger partial charge in [-0.15, -0.1) is 0 Å². The van der Waals surface area contributed by atoms with Crippen molar-refractivity contribution in [2.75, 3.05) is 13.6 Å². The average Bonchev–Trinajstić information content (AvgIpc) is 3.14. The lowest BCUT2D eigenvalue weighted by molar-refractivity contribution is -0.115. The number of nitrogens with one attached hydrogen (secondary N) is 3. The second-order valence-electron chi connectivity index (χ2n) is 8.26. The lowest BCUT2D eigenvalue weighted by Crippen LogP contribution is -2.46. The first-order valence-corrected chi connectivity index (χ1v) is 11.8. The maximum absolute atomic E-state index is 11.8. The van der Waals surface area contributed by atoms with E-state index in [-0.39, 0.29) is 5.24 Å². The summed E-state index contributed by atoms with van der Waals surface area (Å²) in [6.45, 7) is 0.922. The number of guanidine groups is 1. The zero-order valence-electron chi connectivity index (χ0n) is 18.4. The molecule has 1 saturated heterocycles. The molecule has 3 aliphatic rings. The van der Waals surface area contributed by atoms with E-state index >= 15 is 0 Å². The topological polar surface area (TPSA) is 110 Å². The lowest BCUT2D eigenvalue weighted by atomic mass is 9.91. The third kappa shape index (κ3) is 6.14. The van der Waals surface area contributed by atoms with Gasteiger partial charge in [-0.05, 0) is 74.2 Å². The number of allylic oxidation sites excluding steroid dienone is 1. The predicted molar refractivity (Wildman–Crippen MR) is 128 cm³/mol. The Balaban J connectivity index is 1.23. The average molecular weight is 463 g/mol. The first-order chi connectivity index (χ1) is 16.0. The molecule has 2 amide bonds. The number of hydrogen-bond donors (Lipinski definition) is 3. The third-order valence-corrected chi connectivity index (χ3v) is 6.68. The summed E-state index contributed by atoms with van der Waals surface area (Å²) in [6.07, 6.45) is 8.57. The van der Waals surface area contributed by atoms with Gasteiger partial charge in [0, 0.05) is 19.1 Å². The van der Waals surface area contributed by atoms with Gasteiger partial charge in [-0.3, -0.25) is 14.9 Å². The predicted octanol–water partition coefficient (Wildman–Crippen LogP) is 2.76. The van der Waals surface area contributed by atoms with Gasteiger partial charge in [0.2, 0.25) is 5.96 Å². The Labute approximate surface area is 197 Å². The van der Waals surface area contributed by atoms with E-state index in [2.05, 4.69) is 32.7 Å². The van der Waals surface area contributed by atoms with Crippen molar-refractivity contribution in [2.45, 2.75) is 44.2 Å². The summed E-state index contributed by atoms with van der Waals surface area (Å²) in [7, 11) is 1.90. The molecular formula is C24H26N6O2S. The summed E-state index contributed by atoms with van der Waals surface area (Å²) in [5.41, 5.74) is 5.48. The van der Waals surface area contributed by atoms with E-state index in [0.29, 0.717) is 34.2 Å². The van der Waals surface area contributed by atoms with E-state index in [9.17, 15) is 9.59 Å². The molecule has 170 valence electrons. The fraction of sp³-hybridized carbons (Fsp3) is 0.375. The number of carbonyl (C=O) groups excluding carboxylic acids is 2. The first kappa shape index (κ1) is 22.9. The summed E-state index contributed by atoms with van der Waals surface area (Å²) in [4.78, 5) is 29.9. The molecule has 9 heteroatoms. The lowest BCUT2D eigenvalue weighted by Gasteiger charge is -2.32. The number of imide groups is 1. The molecule has 0 radical (unpaired) electrons. The molecular weight excluding hydrogens is 436 g/mol. The minimum absolute atomic E-state index is 0.328. The van der Waals surface area contributed by atoms with Gasteiger partial charge in [0.1, 0.15) is 5.70 Å². The summed E-state index contributed by atoms with van der Waals surface area (Å²) in [5.74, 6) is 0.320. The van der Waals surface area contributed by atoms with Gasteiger partial charge < -0.3 is 15.5 Å². The van der Waals surface area contributed by atoms with Crippen LogP contribution in [0, 0.1) is 11.3 Å². The van der Waals surface area contributed by atoms with Crippen LogP contribution in [0.25, 0.3) is 0 Å². The van der Waals surface area contributed by atoms with E-state index in [1.54, 1.807) is 12.3 Å². The highest BCUT2D eigenvalue weighted by atomic mass is 32.2. The number of carbonyl (C=O) groups is 2. The summed E-state index contributed by atoms with van der Waals surface area (Å²) < 4.78 is 0. The number of nitrogens with zero attached hydrogens (tertiary/aromatic N) is 3. The van der Waals surface area contributed by atoms with Gasteiger partial charge in [0.05, 0.1) is 22.7 Å². The highest BCUT2D eigenvalue weighted by Crippen LogP contribution is 2.25. The number of benzene rings is 1. The highest BCUT2D eigenvalue weighted by molar-refractivity contribution is 8.18. The Kier molecular flexibility index (Phi) is 7.30. The van der Waals surface area contributed by atoms with Crippen LogP contribution in [0.1, 0.15) is 36.8 Å². The number of hydrogen-bond acceptors (Lipinski definition) is 8. The Hall–Kier alpha value is -3.31. The highest BCUT2D eigenvalue weighted by Gasteiger charge is 2.26. The second kappa shape index (κ2) is 10.5. The molecule has 0 atom stereocenters. The normalized spacial score (nSPS) is 23.8. The van der Waals surface area contributed by atoms with E-state index < -0.39 is 5.91 Å². The molecule has 3 N–H and O–H groups in total. The maximum Gasteiger partial charge on any atom is 0.290 e. The van der Waals surface area contributed by atoms with Crippen molar-refractivity contribution in [3.63, 3.8) is 0 Å². The number of amides is 2. The van der Waals surface area contributed by atoms with Crippen molar-refractivity contribution in [3.05, 3.63) is 64.0 Å². The minimum Gasteiger partial charge on any atom is -0.353 e. The van der Waals surface area contributed by atoms with Crippen LogP contribution in [0.4, 0.5) is 4.79 Å². The first-order valence-electron chi connectivity index (χ1n) is 11.0. The molecule has 1 aromatic rings. The molecule has 1 aromatic carbocycles. The fourth-order valence-corrected chi connectivity index (χ4v) is 4.65. The molecule has 1 saturated carbocycles. The minimum atomic E-state index is -0.395. The number of thioether (sulfide) groups is 1. The summed E-state index contributed by atoms with van der Waals surface area (Å²) in [6, 6.07) is 10.7. The van der Waals surface area contributed by atoms with Crippen molar-refractivity contribution in [1.82, 2.24) is 20.9 Å². The molecule has 0 aromatic heterocycles. The van der Waals surface area contributed by atoms with Gasteiger partial charge in [-0.25, -0.2) is 4.99 Å². The van der Waals surface area contributed by atoms with Gasteiger partial charge in [0.25, 0.3) is 11.1 Å². The van der Waals surface area contributed by atoms with E-state index in [4.69, 9.17) is 5.26 Å². The SMILES string of the molecule is CN1C=C=C(/C=C2\SC(=O)NC2=O)N=C1N[C@H]1CC[C@H](NCCc2ccc(C#N)cc2)CC1. The molecule has 0 spiro atoms. The maximum atomic E-state index is 11.8. The number of nitriles is 1. The monoisotopic (exact) mass is 462 g/mol. The molecule has 2 fully saturated rings. The molecule has 8 nitrogen and oxygen atoms in total. The van der Waals surface area contributed by atoms with Gasteiger partial charge in [0.15, 0.2) is 0 Å². The van der Waals surface area contributed by atoms with Crippen molar-refractivity contribution in [1.29, 1.82) is 5.26 Å². The van der Waals surface area contributed by atoms with Crippen LogP contribution in [0.5, 0.6) is 0 Å². The van der Waals surface area contributed by atoms with Gasteiger partial charge >= 0.3 is 0 Å². The van der Waals surface area contributed by atoms with Crippen molar-refractivity contribution < 1.29 is 9.59 Å². The van der Waals surface area contributed by atoms with Crippen molar-refractivity contribution >= 4 is 28.9 Å². The zero-order valence-corrected chi connectivity index (χ0v) is 19.2. The molecule has 33 heavy (non-hydrogen) atoms. The van der Waals surface area contributed by atoms with Crippen LogP contribution < -0.4 is 16.0 Å². The van der Waals surface area contributed by atoms with Crippen LogP contribution in [0.3, 0.4) is 0 Å². The summed E-state index contributed by atoms with van der Waals surface area (Å²) in [5, 5.41) is 18.0. The van der Waals surface area contributed by atoms with Crippen LogP contribution in [-0.2, 0) is 11.2 Å². The molecule has 4 rings (SSSR count). The zero-order chi connectivity index (χ0) is 23.2. The number of rotatable bonds is 6. The molecule has 2 aliphatic heterocycles.